The second kappa shape index (κ2) is 4.87. The molecule has 2 heterocycles. The lowest BCUT2D eigenvalue weighted by molar-refractivity contribution is -0.124. The second-order valence-corrected chi connectivity index (χ2v) is 2.93. The van der Waals surface area contributed by atoms with Gasteiger partial charge in [0, 0.05) is 12.8 Å². The minimum atomic E-state index is -0.148. The minimum Gasteiger partial charge on any atom is -0.317 e. The molecule has 0 radical (unpaired) electrons. The third-order valence-corrected chi connectivity index (χ3v) is 1.82. The number of nitrogens with one attached hydrogen (secondary N) is 2. The minimum absolute atomic E-state index is 0.148. The Kier molecular flexibility index (Phi) is 3.73. The van der Waals surface area contributed by atoms with Gasteiger partial charge in [0.2, 0.25) is 11.8 Å². The van der Waals surface area contributed by atoms with Crippen molar-refractivity contribution in [3.63, 3.8) is 0 Å². The lowest BCUT2D eigenvalue weighted by atomic mass is 10.4. The molecule has 2 saturated heterocycles. The fourth-order valence-electron chi connectivity index (χ4n) is 1.13. The van der Waals surface area contributed by atoms with Crippen molar-refractivity contribution in [2.24, 2.45) is 0 Å². The topological polar surface area (TPSA) is 58.2 Å². The summed E-state index contributed by atoms with van der Waals surface area (Å²) in [6, 6.07) is 0. The first kappa shape index (κ1) is 9.19. The number of carbonyl (C=O) groups excluding carboxylic acids is 2. The smallest absolute Gasteiger partial charge is 0.227 e. The summed E-state index contributed by atoms with van der Waals surface area (Å²) in [7, 11) is 0. The lowest BCUT2D eigenvalue weighted by Crippen LogP contribution is -2.18. The maximum absolute atomic E-state index is 10.1. The van der Waals surface area contributed by atoms with Crippen LogP contribution in [0.2, 0.25) is 0 Å². The largest absolute Gasteiger partial charge is 0.317 e. The molecule has 4 nitrogen and oxygen atoms in total. The molecule has 0 aliphatic carbocycles. The van der Waals surface area contributed by atoms with Crippen molar-refractivity contribution in [1.29, 1.82) is 0 Å². The number of imide groups is 1. The summed E-state index contributed by atoms with van der Waals surface area (Å²) in [5.74, 6) is -0.296. The van der Waals surface area contributed by atoms with E-state index in [4.69, 9.17) is 0 Å². The van der Waals surface area contributed by atoms with Gasteiger partial charge in [-0.25, -0.2) is 0 Å². The zero-order valence-electron chi connectivity index (χ0n) is 7.06. The summed E-state index contributed by atoms with van der Waals surface area (Å²) >= 11 is 0. The molecule has 2 aliphatic heterocycles. The monoisotopic (exact) mass is 170 g/mol. The van der Waals surface area contributed by atoms with Crippen molar-refractivity contribution in [3.05, 3.63) is 0 Å². The highest BCUT2D eigenvalue weighted by Gasteiger charge is 2.15. The van der Waals surface area contributed by atoms with Crippen LogP contribution >= 0.6 is 0 Å². The fourth-order valence-corrected chi connectivity index (χ4v) is 1.13. The molecule has 2 rings (SSSR count). The van der Waals surface area contributed by atoms with Gasteiger partial charge in [-0.2, -0.15) is 0 Å². The van der Waals surface area contributed by atoms with Crippen molar-refractivity contribution in [2.75, 3.05) is 13.1 Å². The lowest BCUT2D eigenvalue weighted by Gasteiger charge is -1.79. The molecule has 2 N–H and O–H groups in total. The van der Waals surface area contributed by atoms with Crippen molar-refractivity contribution in [3.8, 4) is 0 Å². The SMILES string of the molecule is C1CCNC1.O=C1CCC(=O)N1. The summed E-state index contributed by atoms with van der Waals surface area (Å²) in [6.45, 7) is 2.50. The number of carbonyl (C=O) groups is 2. The maximum Gasteiger partial charge on any atom is 0.227 e. The highest BCUT2D eigenvalue weighted by atomic mass is 16.2. The zero-order valence-corrected chi connectivity index (χ0v) is 7.06. The second-order valence-electron chi connectivity index (χ2n) is 2.93. The molecule has 0 bridgehead atoms. The molecule has 4 heteroatoms. The van der Waals surface area contributed by atoms with Crippen LogP contribution in [0.15, 0.2) is 0 Å². The van der Waals surface area contributed by atoms with Crippen LogP contribution in [0.5, 0.6) is 0 Å². The average Bonchev–Trinajstić information content (AvgIpc) is 2.63. The summed E-state index contributed by atoms with van der Waals surface area (Å²) in [5, 5.41) is 5.36. The summed E-state index contributed by atoms with van der Waals surface area (Å²) in [5.41, 5.74) is 0. The average molecular weight is 170 g/mol. The fraction of sp³-hybridized carbons (Fsp3) is 0.750. The molecule has 0 aromatic rings. The first-order valence-corrected chi connectivity index (χ1v) is 4.32. The van der Waals surface area contributed by atoms with Gasteiger partial charge in [0.25, 0.3) is 0 Å². The Bertz CT molecular complexity index is 154. The molecule has 2 aliphatic rings. The predicted molar refractivity (Wildman–Crippen MR) is 44.5 cm³/mol. The molecule has 0 unspecified atom stereocenters. The van der Waals surface area contributed by atoms with E-state index in [0.717, 1.165) is 0 Å². The summed E-state index contributed by atoms with van der Waals surface area (Å²) in [6.07, 6.45) is 3.53. The van der Waals surface area contributed by atoms with Crippen molar-refractivity contribution in [1.82, 2.24) is 10.6 Å². The first-order chi connectivity index (χ1) is 5.79. The molecule has 0 atom stereocenters. The van der Waals surface area contributed by atoms with Crippen molar-refractivity contribution < 1.29 is 9.59 Å². The van der Waals surface area contributed by atoms with Gasteiger partial charge in [-0.3, -0.25) is 14.9 Å². The van der Waals surface area contributed by atoms with E-state index in [1.807, 2.05) is 0 Å². The summed E-state index contributed by atoms with van der Waals surface area (Å²) < 4.78 is 0. The molecule has 0 saturated carbocycles. The van der Waals surface area contributed by atoms with Crippen LogP contribution in [0.3, 0.4) is 0 Å². The van der Waals surface area contributed by atoms with Crippen LogP contribution in [0.1, 0.15) is 25.7 Å². The molecule has 2 amide bonds. The third-order valence-electron chi connectivity index (χ3n) is 1.82. The van der Waals surface area contributed by atoms with E-state index >= 15 is 0 Å². The molecule has 68 valence electrons. The van der Waals surface area contributed by atoms with E-state index in [9.17, 15) is 9.59 Å². The number of amides is 2. The van der Waals surface area contributed by atoms with Crippen molar-refractivity contribution in [2.45, 2.75) is 25.7 Å². The van der Waals surface area contributed by atoms with Gasteiger partial charge >= 0.3 is 0 Å². The maximum atomic E-state index is 10.1. The molecular weight excluding hydrogens is 156 g/mol. The van der Waals surface area contributed by atoms with Crippen LogP contribution in [-0.4, -0.2) is 24.9 Å². The Morgan fingerprint density at radius 2 is 1.42 bits per heavy atom. The van der Waals surface area contributed by atoms with E-state index in [-0.39, 0.29) is 11.8 Å². The first-order valence-electron chi connectivity index (χ1n) is 4.32. The van der Waals surface area contributed by atoms with Crippen LogP contribution in [0.25, 0.3) is 0 Å². The molecule has 2 fully saturated rings. The number of hydrogen-bond acceptors (Lipinski definition) is 3. The van der Waals surface area contributed by atoms with E-state index in [1.54, 1.807) is 0 Å². The standard InChI is InChI=1S/C4H5NO2.C4H9N/c6-3-1-2-4(7)5-3;1-2-4-5-3-1/h1-2H2,(H,5,6,7);5H,1-4H2. The number of rotatable bonds is 0. The summed E-state index contributed by atoms with van der Waals surface area (Å²) in [4.78, 5) is 20.2. The van der Waals surface area contributed by atoms with Gasteiger partial charge in [0.05, 0.1) is 0 Å². The Labute approximate surface area is 71.7 Å². The normalized spacial score (nSPS) is 21.7. The number of hydrogen-bond donors (Lipinski definition) is 2. The van der Waals surface area contributed by atoms with Crippen LogP contribution in [0, 0.1) is 0 Å². The molecule has 0 spiro atoms. The predicted octanol–water partition coefficient (Wildman–Crippen LogP) is -0.207. The quantitative estimate of drug-likeness (QED) is 0.495. The Morgan fingerprint density at radius 3 is 1.58 bits per heavy atom. The van der Waals surface area contributed by atoms with E-state index in [2.05, 4.69) is 10.6 Å². The van der Waals surface area contributed by atoms with Gasteiger partial charge < -0.3 is 5.32 Å². The van der Waals surface area contributed by atoms with Gasteiger partial charge in [0.1, 0.15) is 0 Å². The van der Waals surface area contributed by atoms with Crippen LogP contribution < -0.4 is 10.6 Å². The zero-order chi connectivity index (χ0) is 8.81. The van der Waals surface area contributed by atoms with Crippen LogP contribution in [0.4, 0.5) is 0 Å². The van der Waals surface area contributed by atoms with Crippen molar-refractivity contribution >= 4 is 11.8 Å². The van der Waals surface area contributed by atoms with Crippen LogP contribution in [-0.2, 0) is 9.59 Å². The van der Waals surface area contributed by atoms with Gasteiger partial charge in [0.15, 0.2) is 0 Å². The highest BCUT2D eigenvalue weighted by Crippen LogP contribution is 1.95. The molecule has 0 aromatic heterocycles. The third kappa shape index (κ3) is 3.48. The molecule has 0 aromatic carbocycles. The molecule has 12 heavy (non-hydrogen) atoms. The Hall–Kier alpha value is -0.900. The Morgan fingerprint density at radius 1 is 0.917 bits per heavy atom. The highest BCUT2D eigenvalue weighted by molar-refractivity contribution is 6.01. The van der Waals surface area contributed by atoms with E-state index in [0.29, 0.717) is 12.8 Å². The van der Waals surface area contributed by atoms with Gasteiger partial charge in [-0.05, 0) is 25.9 Å². The Balaban J connectivity index is 0.000000127. The van der Waals surface area contributed by atoms with Gasteiger partial charge in [-0.15, -0.1) is 0 Å². The molecular formula is C8H14N2O2. The van der Waals surface area contributed by atoms with E-state index in [1.165, 1.54) is 25.9 Å². The van der Waals surface area contributed by atoms with E-state index < -0.39 is 0 Å². The van der Waals surface area contributed by atoms with Gasteiger partial charge in [-0.1, -0.05) is 0 Å².